The Hall–Kier alpha value is -0.660. The molecule has 0 aliphatic carbocycles. The first-order valence-electron chi connectivity index (χ1n) is 9.40. The van der Waals surface area contributed by atoms with Gasteiger partial charge in [-0.25, -0.2) is 0 Å². The molecule has 0 aromatic rings. The van der Waals surface area contributed by atoms with Crippen molar-refractivity contribution in [2.45, 2.75) is 91.6 Å². The van der Waals surface area contributed by atoms with Crippen molar-refractivity contribution in [2.75, 3.05) is 13.1 Å². The van der Waals surface area contributed by atoms with Crippen LogP contribution in [0, 0.1) is 5.92 Å². The van der Waals surface area contributed by atoms with E-state index in [1.807, 2.05) is 0 Å². The van der Waals surface area contributed by atoms with Crippen LogP contribution in [0.25, 0.3) is 0 Å². The van der Waals surface area contributed by atoms with Gasteiger partial charge in [0.05, 0.1) is 0 Å². The zero-order chi connectivity index (χ0) is 15.5. The van der Waals surface area contributed by atoms with Crippen LogP contribution in [0.2, 0.25) is 0 Å². The Morgan fingerprint density at radius 2 is 1.29 bits per heavy atom. The number of hydrogen-bond acceptors (Lipinski definition) is 2. The molecule has 1 heterocycles. The molecule has 0 spiro atoms. The van der Waals surface area contributed by atoms with Gasteiger partial charge in [-0.1, -0.05) is 72.1 Å². The highest BCUT2D eigenvalue weighted by molar-refractivity contribution is 4.97. The summed E-state index contributed by atoms with van der Waals surface area (Å²) in [6, 6.07) is 0. The highest BCUT2D eigenvalue weighted by atomic mass is 15.4. The summed E-state index contributed by atoms with van der Waals surface area (Å²) >= 11 is 0. The molecule has 0 bridgehead atoms. The standard InChI is InChI=1S/C19H38N2/c1-5-7-8-9-10-11-12-13-14-15-21-17-16-20(6-2)19(21)18(3)4/h16-19H,5-15H2,1-4H3. The summed E-state index contributed by atoms with van der Waals surface area (Å²) in [6.45, 7) is 11.6. The van der Waals surface area contributed by atoms with Crippen molar-refractivity contribution in [3.05, 3.63) is 12.4 Å². The van der Waals surface area contributed by atoms with E-state index >= 15 is 0 Å². The molecular weight excluding hydrogens is 256 g/mol. The Morgan fingerprint density at radius 1 is 0.762 bits per heavy atom. The van der Waals surface area contributed by atoms with Crippen molar-refractivity contribution in [1.29, 1.82) is 0 Å². The number of rotatable bonds is 12. The fourth-order valence-electron chi connectivity index (χ4n) is 3.41. The van der Waals surface area contributed by atoms with Gasteiger partial charge in [0.2, 0.25) is 0 Å². The Kier molecular flexibility index (Phi) is 9.62. The summed E-state index contributed by atoms with van der Waals surface area (Å²) in [5.41, 5.74) is 0. The van der Waals surface area contributed by atoms with Crippen LogP contribution in [0.4, 0.5) is 0 Å². The van der Waals surface area contributed by atoms with Crippen molar-refractivity contribution in [3.63, 3.8) is 0 Å². The Balaban J connectivity index is 2.06. The average Bonchev–Trinajstić information content (AvgIpc) is 2.88. The van der Waals surface area contributed by atoms with Gasteiger partial charge in [0.25, 0.3) is 0 Å². The van der Waals surface area contributed by atoms with Gasteiger partial charge in [0.15, 0.2) is 0 Å². The first-order valence-corrected chi connectivity index (χ1v) is 9.40. The lowest BCUT2D eigenvalue weighted by atomic mass is 10.1. The largest absolute Gasteiger partial charge is 0.356 e. The van der Waals surface area contributed by atoms with Gasteiger partial charge >= 0.3 is 0 Å². The molecule has 2 heteroatoms. The molecule has 0 fully saturated rings. The van der Waals surface area contributed by atoms with E-state index < -0.39 is 0 Å². The fraction of sp³-hybridized carbons (Fsp3) is 0.895. The van der Waals surface area contributed by atoms with E-state index in [2.05, 4.69) is 49.9 Å². The van der Waals surface area contributed by atoms with Gasteiger partial charge in [0, 0.05) is 25.5 Å². The molecule has 1 atom stereocenters. The summed E-state index contributed by atoms with van der Waals surface area (Å²) in [5, 5.41) is 0. The molecule has 0 radical (unpaired) electrons. The minimum absolute atomic E-state index is 0.587. The predicted molar refractivity (Wildman–Crippen MR) is 94.1 cm³/mol. The van der Waals surface area contributed by atoms with E-state index in [0.717, 1.165) is 6.54 Å². The summed E-state index contributed by atoms with van der Waals surface area (Å²) in [6.07, 6.45) is 17.9. The average molecular weight is 295 g/mol. The molecule has 0 amide bonds. The van der Waals surface area contributed by atoms with Crippen molar-refractivity contribution in [2.24, 2.45) is 5.92 Å². The predicted octanol–water partition coefficient (Wildman–Crippen LogP) is 5.61. The monoisotopic (exact) mass is 294 g/mol. The van der Waals surface area contributed by atoms with Crippen LogP contribution in [-0.2, 0) is 0 Å². The molecule has 2 nitrogen and oxygen atoms in total. The highest BCUT2D eigenvalue weighted by Crippen LogP contribution is 2.23. The first kappa shape index (κ1) is 18.4. The van der Waals surface area contributed by atoms with Crippen LogP contribution < -0.4 is 0 Å². The molecule has 0 aromatic carbocycles. The summed E-state index contributed by atoms with van der Waals surface area (Å²) in [5.74, 6) is 0.693. The van der Waals surface area contributed by atoms with Crippen LogP contribution in [0.15, 0.2) is 12.4 Å². The molecule has 124 valence electrons. The number of hydrogen-bond donors (Lipinski definition) is 0. The number of unbranched alkanes of at least 4 members (excludes halogenated alkanes) is 8. The molecule has 1 aliphatic heterocycles. The van der Waals surface area contributed by atoms with Gasteiger partial charge in [-0.3, -0.25) is 0 Å². The quantitative estimate of drug-likeness (QED) is 0.432. The Morgan fingerprint density at radius 3 is 1.81 bits per heavy atom. The summed E-state index contributed by atoms with van der Waals surface area (Å²) in [4.78, 5) is 5.02. The van der Waals surface area contributed by atoms with Gasteiger partial charge < -0.3 is 9.80 Å². The second-order valence-corrected chi connectivity index (χ2v) is 6.85. The second kappa shape index (κ2) is 11.0. The van der Waals surface area contributed by atoms with E-state index in [1.165, 1.54) is 64.3 Å². The van der Waals surface area contributed by atoms with E-state index in [4.69, 9.17) is 0 Å². The second-order valence-electron chi connectivity index (χ2n) is 6.85. The molecular formula is C19H38N2. The molecule has 0 saturated carbocycles. The Bertz CT molecular complexity index is 273. The lowest BCUT2D eigenvalue weighted by molar-refractivity contribution is 0.110. The molecule has 1 aliphatic rings. The van der Waals surface area contributed by atoms with Crippen molar-refractivity contribution < 1.29 is 0 Å². The lowest BCUT2D eigenvalue weighted by Crippen LogP contribution is -2.42. The molecule has 1 rings (SSSR count). The van der Waals surface area contributed by atoms with Crippen LogP contribution in [0.1, 0.15) is 85.5 Å². The van der Waals surface area contributed by atoms with E-state index in [0.29, 0.717) is 12.1 Å². The van der Waals surface area contributed by atoms with Crippen molar-refractivity contribution in [3.8, 4) is 0 Å². The van der Waals surface area contributed by atoms with Crippen molar-refractivity contribution in [1.82, 2.24) is 9.80 Å². The van der Waals surface area contributed by atoms with Gasteiger partial charge in [-0.2, -0.15) is 0 Å². The van der Waals surface area contributed by atoms with Crippen LogP contribution in [0.5, 0.6) is 0 Å². The third-order valence-corrected chi connectivity index (χ3v) is 4.61. The smallest absolute Gasteiger partial charge is 0.103 e. The molecule has 1 unspecified atom stereocenters. The van der Waals surface area contributed by atoms with E-state index in [9.17, 15) is 0 Å². The summed E-state index contributed by atoms with van der Waals surface area (Å²) in [7, 11) is 0. The van der Waals surface area contributed by atoms with Crippen LogP contribution >= 0.6 is 0 Å². The van der Waals surface area contributed by atoms with Gasteiger partial charge in [0.1, 0.15) is 6.17 Å². The minimum Gasteiger partial charge on any atom is -0.356 e. The minimum atomic E-state index is 0.587. The molecule has 0 saturated heterocycles. The third-order valence-electron chi connectivity index (χ3n) is 4.61. The van der Waals surface area contributed by atoms with Gasteiger partial charge in [-0.15, -0.1) is 0 Å². The van der Waals surface area contributed by atoms with E-state index in [-0.39, 0.29) is 0 Å². The third kappa shape index (κ3) is 6.76. The maximum absolute atomic E-state index is 2.55. The zero-order valence-electron chi connectivity index (χ0n) is 15.0. The van der Waals surface area contributed by atoms with Crippen LogP contribution in [-0.4, -0.2) is 29.1 Å². The highest BCUT2D eigenvalue weighted by Gasteiger charge is 2.27. The zero-order valence-corrected chi connectivity index (χ0v) is 15.0. The SMILES string of the molecule is CCCCCCCCCCCN1C=CN(CC)C1C(C)C. The Labute approximate surface area is 133 Å². The normalized spacial score (nSPS) is 18.2. The van der Waals surface area contributed by atoms with Crippen LogP contribution in [0.3, 0.4) is 0 Å². The molecule has 21 heavy (non-hydrogen) atoms. The summed E-state index contributed by atoms with van der Waals surface area (Å²) < 4.78 is 0. The molecule has 0 aromatic heterocycles. The number of nitrogens with zero attached hydrogens (tertiary/aromatic N) is 2. The van der Waals surface area contributed by atoms with Crippen molar-refractivity contribution >= 4 is 0 Å². The molecule has 0 N–H and O–H groups in total. The first-order chi connectivity index (χ1) is 10.2. The lowest BCUT2D eigenvalue weighted by Gasteiger charge is -2.35. The fourth-order valence-corrected chi connectivity index (χ4v) is 3.41. The van der Waals surface area contributed by atoms with E-state index in [1.54, 1.807) is 0 Å². The maximum Gasteiger partial charge on any atom is 0.103 e. The maximum atomic E-state index is 2.55. The topological polar surface area (TPSA) is 6.48 Å². The van der Waals surface area contributed by atoms with Gasteiger partial charge in [-0.05, 0) is 19.3 Å².